The van der Waals surface area contributed by atoms with Crippen LogP contribution in [0.2, 0.25) is 0 Å². The minimum Gasteiger partial charge on any atom is -0.481 e. The first-order chi connectivity index (χ1) is 9.41. The Labute approximate surface area is 117 Å². The van der Waals surface area contributed by atoms with E-state index in [0.29, 0.717) is 12.8 Å². The Morgan fingerprint density at radius 2 is 1.80 bits per heavy atom. The number of halogens is 1. The van der Waals surface area contributed by atoms with Crippen LogP contribution in [0.25, 0.3) is 0 Å². The van der Waals surface area contributed by atoms with E-state index in [1.165, 1.54) is 12.1 Å². The fourth-order valence-corrected chi connectivity index (χ4v) is 2.51. The van der Waals surface area contributed by atoms with Crippen LogP contribution < -0.4 is 0 Å². The lowest BCUT2D eigenvalue weighted by atomic mass is 9.72. The molecule has 0 spiro atoms. The molecule has 108 valence electrons. The van der Waals surface area contributed by atoms with Crippen molar-refractivity contribution in [3.63, 3.8) is 0 Å². The number of aliphatic carboxylic acids is 1. The number of carbonyl (C=O) groups excluding carboxylic acids is 1. The number of amides is 1. The molecule has 0 radical (unpaired) electrons. The summed E-state index contributed by atoms with van der Waals surface area (Å²) in [5.74, 6) is -2.37. The molecule has 1 aliphatic rings. The summed E-state index contributed by atoms with van der Waals surface area (Å²) in [6, 6.07) is 5.78. The Morgan fingerprint density at radius 1 is 1.25 bits per heavy atom. The van der Waals surface area contributed by atoms with E-state index < -0.39 is 17.8 Å². The molecule has 1 saturated carbocycles. The molecular formula is C15H18FNO3. The summed E-state index contributed by atoms with van der Waals surface area (Å²) in [5, 5.41) is 9.01. The highest BCUT2D eigenvalue weighted by atomic mass is 19.1. The Hall–Kier alpha value is -1.91. The molecule has 1 fully saturated rings. The molecule has 1 amide bonds. The average molecular weight is 279 g/mol. The van der Waals surface area contributed by atoms with Gasteiger partial charge in [0, 0.05) is 7.05 Å². The third-order valence-corrected chi connectivity index (χ3v) is 4.19. The highest BCUT2D eigenvalue weighted by Crippen LogP contribution is 2.37. The molecule has 3 atom stereocenters. The average Bonchev–Trinajstić information content (AvgIpc) is 2.35. The molecule has 1 aromatic carbocycles. The number of carboxylic acids is 1. The zero-order chi connectivity index (χ0) is 14.9. The van der Waals surface area contributed by atoms with Crippen LogP contribution in [-0.2, 0) is 9.59 Å². The van der Waals surface area contributed by atoms with Crippen LogP contribution in [0, 0.1) is 17.7 Å². The summed E-state index contributed by atoms with van der Waals surface area (Å²) in [7, 11) is 1.66. The van der Waals surface area contributed by atoms with Crippen molar-refractivity contribution >= 4 is 11.9 Å². The highest BCUT2D eigenvalue weighted by molar-refractivity contribution is 5.86. The van der Waals surface area contributed by atoms with Crippen molar-refractivity contribution in [1.29, 1.82) is 0 Å². The molecule has 0 heterocycles. The molecule has 0 aromatic heterocycles. The van der Waals surface area contributed by atoms with E-state index in [0.717, 1.165) is 5.56 Å². The van der Waals surface area contributed by atoms with Crippen molar-refractivity contribution in [2.45, 2.75) is 25.8 Å². The maximum atomic E-state index is 12.9. The van der Waals surface area contributed by atoms with Crippen LogP contribution in [0.4, 0.5) is 4.39 Å². The number of hydrogen-bond donors (Lipinski definition) is 1. The predicted octanol–water partition coefficient (Wildman–Crippen LogP) is 2.46. The van der Waals surface area contributed by atoms with Crippen LogP contribution in [-0.4, -0.2) is 28.9 Å². The van der Waals surface area contributed by atoms with E-state index in [9.17, 15) is 14.0 Å². The van der Waals surface area contributed by atoms with Crippen molar-refractivity contribution in [2.24, 2.45) is 11.8 Å². The molecular weight excluding hydrogens is 261 g/mol. The molecule has 3 unspecified atom stereocenters. The number of carboxylic acid groups (broad SMARTS) is 1. The summed E-state index contributed by atoms with van der Waals surface area (Å²) in [6.45, 7) is 1.85. The zero-order valence-electron chi connectivity index (χ0n) is 11.5. The summed E-state index contributed by atoms with van der Waals surface area (Å²) in [4.78, 5) is 24.8. The minimum atomic E-state index is -0.905. The van der Waals surface area contributed by atoms with Gasteiger partial charge in [0.05, 0.1) is 17.9 Å². The fourth-order valence-electron chi connectivity index (χ4n) is 2.51. The lowest BCUT2D eigenvalue weighted by Gasteiger charge is -2.37. The second kappa shape index (κ2) is 5.61. The first-order valence-electron chi connectivity index (χ1n) is 6.66. The summed E-state index contributed by atoms with van der Waals surface area (Å²) < 4.78 is 12.9. The molecule has 5 heteroatoms. The summed E-state index contributed by atoms with van der Waals surface area (Å²) >= 11 is 0. The van der Waals surface area contributed by atoms with Gasteiger partial charge in [0.25, 0.3) is 0 Å². The van der Waals surface area contributed by atoms with Gasteiger partial charge in [0.1, 0.15) is 5.82 Å². The number of benzene rings is 1. The van der Waals surface area contributed by atoms with Crippen molar-refractivity contribution in [3.8, 4) is 0 Å². The van der Waals surface area contributed by atoms with Crippen molar-refractivity contribution in [3.05, 3.63) is 35.6 Å². The van der Waals surface area contributed by atoms with Gasteiger partial charge in [-0.3, -0.25) is 9.59 Å². The van der Waals surface area contributed by atoms with Crippen LogP contribution in [0.5, 0.6) is 0 Å². The van der Waals surface area contributed by atoms with Gasteiger partial charge in [-0.1, -0.05) is 12.1 Å². The van der Waals surface area contributed by atoms with E-state index in [2.05, 4.69) is 0 Å². The maximum Gasteiger partial charge on any atom is 0.307 e. The number of carbonyl (C=O) groups is 2. The van der Waals surface area contributed by atoms with Gasteiger partial charge in [-0.05, 0) is 37.5 Å². The second-order valence-corrected chi connectivity index (χ2v) is 5.31. The van der Waals surface area contributed by atoms with Crippen LogP contribution >= 0.6 is 0 Å². The Balaban J connectivity index is 2.06. The monoisotopic (exact) mass is 279 g/mol. The first-order valence-corrected chi connectivity index (χ1v) is 6.66. The minimum absolute atomic E-state index is 0.152. The van der Waals surface area contributed by atoms with Gasteiger partial charge < -0.3 is 10.0 Å². The first kappa shape index (κ1) is 14.5. The van der Waals surface area contributed by atoms with E-state index in [1.54, 1.807) is 24.1 Å². The molecule has 0 bridgehead atoms. The van der Waals surface area contributed by atoms with Gasteiger partial charge in [0.2, 0.25) is 5.91 Å². The molecule has 4 nitrogen and oxygen atoms in total. The highest BCUT2D eigenvalue weighted by Gasteiger charge is 2.43. The Morgan fingerprint density at radius 3 is 2.25 bits per heavy atom. The standard InChI is InChI=1S/C15H18FNO3/c1-9(10-3-5-11(16)6-4-10)17(2)14(18)12-7-8-13(12)15(19)20/h3-6,9,12-13H,7-8H2,1-2H3,(H,19,20). The van der Waals surface area contributed by atoms with E-state index in [1.807, 2.05) is 6.92 Å². The van der Waals surface area contributed by atoms with Gasteiger partial charge in [-0.25, -0.2) is 4.39 Å². The molecule has 0 saturated heterocycles. The van der Waals surface area contributed by atoms with E-state index in [4.69, 9.17) is 5.11 Å². The number of nitrogens with zero attached hydrogens (tertiary/aromatic N) is 1. The SMILES string of the molecule is CC(c1ccc(F)cc1)N(C)C(=O)C1CCC1C(=O)O. The van der Waals surface area contributed by atoms with Crippen LogP contribution in [0.1, 0.15) is 31.4 Å². The largest absolute Gasteiger partial charge is 0.481 e. The maximum absolute atomic E-state index is 12.9. The van der Waals surface area contributed by atoms with Gasteiger partial charge in [-0.15, -0.1) is 0 Å². The lowest BCUT2D eigenvalue weighted by Crippen LogP contribution is -2.45. The summed E-state index contributed by atoms with van der Waals surface area (Å²) in [5.41, 5.74) is 0.827. The smallest absolute Gasteiger partial charge is 0.307 e. The number of rotatable bonds is 4. The van der Waals surface area contributed by atoms with Gasteiger partial charge >= 0.3 is 5.97 Å². The predicted molar refractivity (Wildman–Crippen MR) is 71.4 cm³/mol. The van der Waals surface area contributed by atoms with Crippen LogP contribution in [0.15, 0.2) is 24.3 Å². The lowest BCUT2D eigenvalue weighted by molar-refractivity contribution is -0.156. The van der Waals surface area contributed by atoms with Crippen molar-refractivity contribution in [2.75, 3.05) is 7.05 Å². The molecule has 1 N–H and O–H groups in total. The third-order valence-electron chi connectivity index (χ3n) is 4.19. The quantitative estimate of drug-likeness (QED) is 0.921. The van der Waals surface area contributed by atoms with Gasteiger partial charge in [0.15, 0.2) is 0 Å². The molecule has 0 aliphatic heterocycles. The Kier molecular flexibility index (Phi) is 4.06. The van der Waals surface area contributed by atoms with E-state index >= 15 is 0 Å². The van der Waals surface area contributed by atoms with Crippen molar-refractivity contribution in [1.82, 2.24) is 4.90 Å². The topological polar surface area (TPSA) is 57.6 Å². The van der Waals surface area contributed by atoms with Gasteiger partial charge in [-0.2, -0.15) is 0 Å². The fraction of sp³-hybridized carbons (Fsp3) is 0.467. The number of hydrogen-bond acceptors (Lipinski definition) is 2. The second-order valence-electron chi connectivity index (χ2n) is 5.31. The van der Waals surface area contributed by atoms with E-state index in [-0.39, 0.29) is 17.8 Å². The normalized spacial score (nSPS) is 22.8. The van der Waals surface area contributed by atoms with Crippen molar-refractivity contribution < 1.29 is 19.1 Å². The Bertz CT molecular complexity index is 514. The molecule has 2 rings (SSSR count). The van der Waals surface area contributed by atoms with Crippen LogP contribution in [0.3, 0.4) is 0 Å². The third kappa shape index (κ3) is 2.66. The molecule has 20 heavy (non-hydrogen) atoms. The molecule has 1 aliphatic carbocycles. The summed E-state index contributed by atoms with van der Waals surface area (Å²) in [6.07, 6.45) is 1.18. The molecule has 1 aromatic rings. The zero-order valence-corrected chi connectivity index (χ0v) is 11.5.